The number of rotatable bonds is 11. The van der Waals surface area contributed by atoms with Gasteiger partial charge >= 0.3 is 11.9 Å². The predicted molar refractivity (Wildman–Crippen MR) is 154 cm³/mol. The highest BCUT2D eigenvalue weighted by atomic mass is 31.1. The van der Waals surface area contributed by atoms with Gasteiger partial charge in [0.05, 0.1) is 17.6 Å². The number of ether oxygens (including phenoxy) is 2. The molecule has 3 atom stereocenters. The van der Waals surface area contributed by atoms with Gasteiger partial charge in [0.15, 0.2) is 0 Å². The lowest BCUT2D eigenvalue weighted by molar-refractivity contribution is -0.155. The van der Waals surface area contributed by atoms with E-state index in [0.717, 1.165) is 22.2 Å². The van der Waals surface area contributed by atoms with E-state index in [9.17, 15) is 14.4 Å². The zero-order valence-corrected chi connectivity index (χ0v) is 23.7. The van der Waals surface area contributed by atoms with Gasteiger partial charge in [-0.15, -0.1) is 0 Å². The summed E-state index contributed by atoms with van der Waals surface area (Å²) in [4.78, 5) is 37.4. The molecule has 38 heavy (non-hydrogen) atoms. The summed E-state index contributed by atoms with van der Waals surface area (Å²) in [6, 6.07) is 27.9. The van der Waals surface area contributed by atoms with Crippen LogP contribution in [0.5, 0.6) is 0 Å². The van der Waals surface area contributed by atoms with Crippen LogP contribution in [0.4, 0.5) is 0 Å². The van der Waals surface area contributed by atoms with Crippen molar-refractivity contribution < 1.29 is 23.9 Å². The lowest BCUT2D eigenvalue weighted by Gasteiger charge is -2.30. The fraction of sp³-hybridized carbons (Fsp3) is 0.344. The first-order valence-electron chi connectivity index (χ1n) is 12.9. The number of aldehydes is 1. The Labute approximate surface area is 227 Å². The molecule has 3 aromatic carbocycles. The highest BCUT2D eigenvalue weighted by Gasteiger charge is 2.32. The van der Waals surface area contributed by atoms with Gasteiger partial charge < -0.3 is 14.3 Å². The normalized spacial score (nSPS) is 13.8. The molecule has 200 valence electrons. The number of carbonyl (C=O) groups is 3. The minimum atomic E-state index is -1.02. The van der Waals surface area contributed by atoms with Gasteiger partial charge in [0.25, 0.3) is 0 Å². The van der Waals surface area contributed by atoms with E-state index < -0.39 is 25.4 Å². The van der Waals surface area contributed by atoms with Crippen LogP contribution in [0.2, 0.25) is 0 Å². The van der Waals surface area contributed by atoms with Crippen molar-refractivity contribution >= 4 is 42.1 Å². The van der Waals surface area contributed by atoms with Crippen molar-refractivity contribution in [2.24, 2.45) is 17.3 Å². The molecule has 0 unspecified atom stereocenters. The zero-order valence-electron chi connectivity index (χ0n) is 22.8. The van der Waals surface area contributed by atoms with Crippen LogP contribution in [-0.2, 0) is 19.1 Å². The summed E-state index contributed by atoms with van der Waals surface area (Å²) in [7, 11) is -1.02. The van der Waals surface area contributed by atoms with Crippen LogP contribution in [0, 0.1) is 17.3 Å². The Morgan fingerprint density at radius 3 is 1.87 bits per heavy atom. The predicted octanol–water partition coefficient (Wildman–Crippen LogP) is 5.42. The SMILES string of the molecule is C[C@H](CC=O)[C@H](OC(=O)c1ccccc1P(c1ccccc1)c1ccccc1)[C@@H](C)COC(=O)C(C)(C)C. The molecule has 0 aliphatic rings. The van der Waals surface area contributed by atoms with Crippen LogP contribution in [0.15, 0.2) is 84.9 Å². The second kappa shape index (κ2) is 13.5. The molecule has 3 aromatic rings. The van der Waals surface area contributed by atoms with Crippen LogP contribution in [0.1, 0.15) is 51.4 Å². The number of benzene rings is 3. The largest absolute Gasteiger partial charge is 0.465 e. The Balaban J connectivity index is 1.94. The minimum Gasteiger partial charge on any atom is -0.465 e. The third kappa shape index (κ3) is 7.61. The molecule has 0 saturated carbocycles. The monoisotopic (exact) mass is 532 g/mol. The van der Waals surface area contributed by atoms with Crippen LogP contribution < -0.4 is 15.9 Å². The van der Waals surface area contributed by atoms with Gasteiger partial charge in [0.2, 0.25) is 0 Å². The maximum absolute atomic E-state index is 13.7. The van der Waals surface area contributed by atoms with E-state index in [2.05, 4.69) is 24.3 Å². The Hall–Kier alpha value is -3.30. The summed E-state index contributed by atoms with van der Waals surface area (Å²) in [5.74, 6) is -1.30. The standard InChI is InChI=1S/C32H37O5P/c1-23(20-21-33)29(24(2)22-36-31(35)32(3,4)5)37-30(34)27-18-12-13-19-28(27)38(25-14-8-6-9-15-25)26-16-10-7-11-17-26/h6-19,21,23-24,29H,20,22H2,1-5H3/t23-,24+,29+/m1/s1. The highest BCUT2D eigenvalue weighted by Crippen LogP contribution is 2.34. The summed E-state index contributed by atoms with van der Waals surface area (Å²) in [6.07, 6.45) is 0.461. The summed E-state index contributed by atoms with van der Waals surface area (Å²) < 4.78 is 11.6. The smallest absolute Gasteiger partial charge is 0.339 e. The van der Waals surface area contributed by atoms with Crippen molar-refractivity contribution in [3.8, 4) is 0 Å². The van der Waals surface area contributed by atoms with Crippen LogP contribution in [-0.4, -0.2) is 30.9 Å². The fourth-order valence-corrected chi connectivity index (χ4v) is 6.64. The van der Waals surface area contributed by atoms with Crippen molar-refractivity contribution in [2.75, 3.05) is 6.61 Å². The maximum Gasteiger partial charge on any atom is 0.339 e. The molecule has 3 rings (SSSR count). The van der Waals surface area contributed by atoms with Crippen LogP contribution in [0.3, 0.4) is 0 Å². The van der Waals surface area contributed by atoms with Crippen molar-refractivity contribution in [3.63, 3.8) is 0 Å². The number of hydrogen-bond acceptors (Lipinski definition) is 5. The van der Waals surface area contributed by atoms with Gasteiger partial charge in [-0.2, -0.15) is 0 Å². The molecular formula is C32H37O5P. The highest BCUT2D eigenvalue weighted by molar-refractivity contribution is 7.80. The molecule has 0 fully saturated rings. The molecule has 0 N–H and O–H groups in total. The van der Waals surface area contributed by atoms with Gasteiger partial charge in [-0.3, -0.25) is 4.79 Å². The zero-order chi connectivity index (χ0) is 27.7. The van der Waals surface area contributed by atoms with Gasteiger partial charge in [0, 0.05) is 18.3 Å². The Kier molecular flexibility index (Phi) is 10.4. The van der Waals surface area contributed by atoms with E-state index in [1.54, 1.807) is 26.8 Å². The summed E-state index contributed by atoms with van der Waals surface area (Å²) in [5.41, 5.74) is -0.140. The second-order valence-electron chi connectivity index (χ2n) is 10.6. The van der Waals surface area contributed by atoms with Gasteiger partial charge in [-0.1, -0.05) is 92.7 Å². The first kappa shape index (κ1) is 29.3. The molecule has 0 bridgehead atoms. The molecule has 5 nitrogen and oxygen atoms in total. The Morgan fingerprint density at radius 2 is 1.34 bits per heavy atom. The average Bonchev–Trinajstić information content (AvgIpc) is 2.91. The Bertz CT molecular complexity index is 1160. The quantitative estimate of drug-likeness (QED) is 0.187. The molecule has 0 amide bonds. The van der Waals surface area contributed by atoms with Crippen LogP contribution in [0.25, 0.3) is 0 Å². The first-order valence-corrected chi connectivity index (χ1v) is 14.3. The molecular weight excluding hydrogens is 495 g/mol. The molecule has 0 saturated heterocycles. The van der Waals surface area contributed by atoms with Gasteiger partial charge in [0.1, 0.15) is 12.4 Å². The number of hydrogen-bond donors (Lipinski definition) is 0. The summed E-state index contributed by atoms with van der Waals surface area (Å²) >= 11 is 0. The van der Waals surface area contributed by atoms with E-state index in [1.807, 2.05) is 68.4 Å². The van der Waals surface area contributed by atoms with Crippen LogP contribution >= 0.6 is 7.92 Å². The molecule has 0 radical (unpaired) electrons. The second-order valence-corrected chi connectivity index (χ2v) is 12.8. The van der Waals surface area contributed by atoms with Gasteiger partial charge in [-0.25, -0.2) is 4.79 Å². The third-order valence-electron chi connectivity index (χ3n) is 6.32. The maximum atomic E-state index is 13.7. The van der Waals surface area contributed by atoms with Crippen molar-refractivity contribution in [3.05, 3.63) is 90.5 Å². The third-order valence-corrected chi connectivity index (χ3v) is 8.82. The molecule has 0 heterocycles. The van der Waals surface area contributed by atoms with Crippen molar-refractivity contribution in [2.45, 2.75) is 47.1 Å². The van der Waals surface area contributed by atoms with E-state index in [1.165, 1.54) is 0 Å². The molecule has 0 spiro atoms. The fourth-order valence-electron chi connectivity index (χ4n) is 4.21. The van der Waals surface area contributed by atoms with Crippen molar-refractivity contribution in [1.29, 1.82) is 0 Å². The lowest BCUT2D eigenvalue weighted by atomic mass is 9.91. The molecule has 0 aromatic heterocycles. The summed E-state index contributed by atoms with van der Waals surface area (Å²) in [6.45, 7) is 9.23. The van der Waals surface area contributed by atoms with Crippen molar-refractivity contribution in [1.82, 2.24) is 0 Å². The first-order chi connectivity index (χ1) is 18.1. The van der Waals surface area contributed by atoms with E-state index in [0.29, 0.717) is 5.56 Å². The lowest BCUT2D eigenvalue weighted by Crippen LogP contribution is -2.37. The van der Waals surface area contributed by atoms with E-state index in [4.69, 9.17) is 9.47 Å². The molecule has 0 aliphatic heterocycles. The van der Waals surface area contributed by atoms with E-state index in [-0.39, 0.29) is 30.8 Å². The topological polar surface area (TPSA) is 69.7 Å². The Morgan fingerprint density at radius 1 is 0.816 bits per heavy atom. The minimum absolute atomic E-state index is 0.0969. The molecule has 0 aliphatic carbocycles. The number of esters is 2. The molecule has 6 heteroatoms. The van der Waals surface area contributed by atoms with E-state index >= 15 is 0 Å². The number of carbonyl (C=O) groups excluding carboxylic acids is 3. The van der Waals surface area contributed by atoms with Gasteiger partial charge in [-0.05, 0) is 50.7 Å². The average molecular weight is 533 g/mol. The summed E-state index contributed by atoms with van der Waals surface area (Å²) in [5, 5.41) is 3.16.